The minimum absolute atomic E-state index is 0.0213. The quantitative estimate of drug-likeness (QED) is 0.390. The number of rotatable bonds is 6. The number of fused-ring (bicyclic) bond motifs is 1. The Morgan fingerprint density at radius 2 is 1.66 bits per heavy atom. The van der Waals surface area contributed by atoms with E-state index in [9.17, 15) is 14.7 Å². The average Bonchev–Trinajstić information content (AvgIpc) is 3.06. The maximum absolute atomic E-state index is 12.2. The van der Waals surface area contributed by atoms with E-state index >= 15 is 0 Å². The van der Waals surface area contributed by atoms with Crippen molar-refractivity contribution in [2.75, 3.05) is 6.61 Å². The molecule has 0 atom stereocenters. The van der Waals surface area contributed by atoms with Crippen LogP contribution < -0.4 is 0 Å². The molecule has 0 radical (unpaired) electrons. The van der Waals surface area contributed by atoms with Gasteiger partial charge in [-0.2, -0.15) is 0 Å². The number of esters is 2. The lowest BCUT2D eigenvalue weighted by molar-refractivity contribution is 0.00693. The van der Waals surface area contributed by atoms with Gasteiger partial charge in [-0.15, -0.1) is 0 Å². The zero-order valence-corrected chi connectivity index (χ0v) is 19.0. The lowest BCUT2D eigenvalue weighted by Gasteiger charge is -2.19. The summed E-state index contributed by atoms with van der Waals surface area (Å²) >= 11 is 0. The summed E-state index contributed by atoms with van der Waals surface area (Å²) in [6, 6.07) is 11.9. The Bertz CT molecular complexity index is 1170. The molecule has 0 spiro atoms. The van der Waals surface area contributed by atoms with E-state index in [1.54, 1.807) is 49.4 Å². The summed E-state index contributed by atoms with van der Waals surface area (Å²) < 4.78 is 10.4. The van der Waals surface area contributed by atoms with E-state index in [2.05, 4.69) is 9.98 Å². The van der Waals surface area contributed by atoms with Crippen molar-refractivity contribution in [3.8, 4) is 5.88 Å². The van der Waals surface area contributed by atoms with Gasteiger partial charge < -0.3 is 19.6 Å². The molecule has 1 aromatic heterocycles. The summed E-state index contributed by atoms with van der Waals surface area (Å²) in [5.74, 6) is -0.832. The maximum atomic E-state index is 12.2. The van der Waals surface area contributed by atoms with Crippen molar-refractivity contribution in [2.45, 2.75) is 46.6 Å². The number of carbonyl (C=O) groups excluding carboxylic acids is 2. The van der Waals surface area contributed by atoms with Gasteiger partial charge in [-0.25, -0.2) is 9.59 Å². The number of aromatic hydroxyl groups is 1. The van der Waals surface area contributed by atoms with Gasteiger partial charge in [0.1, 0.15) is 5.60 Å². The summed E-state index contributed by atoms with van der Waals surface area (Å²) in [5, 5.41) is 11.3. The fourth-order valence-electron chi connectivity index (χ4n) is 3.29. The van der Waals surface area contributed by atoms with Gasteiger partial charge in [-0.05, 0) is 70.5 Å². The van der Waals surface area contributed by atoms with Crippen LogP contribution in [0.4, 0.5) is 5.69 Å². The van der Waals surface area contributed by atoms with Crippen LogP contribution in [0.5, 0.6) is 5.88 Å². The van der Waals surface area contributed by atoms with Gasteiger partial charge in [0, 0.05) is 10.9 Å². The van der Waals surface area contributed by atoms with Crippen molar-refractivity contribution in [1.29, 1.82) is 0 Å². The third-order valence-electron chi connectivity index (χ3n) is 4.68. The highest BCUT2D eigenvalue weighted by molar-refractivity contribution is 6.14. The van der Waals surface area contributed by atoms with Crippen LogP contribution in [0.25, 0.3) is 10.9 Å². The molecule has 32 heavy (non-hydrogen) atoms. The second kappa shape index (κ2) is 9.26. The Kier molecular flexibility index (Phi) is 6.67. The van der Waals surface area contributed by atoms with Gasteiger partial charge in [0.25, 0.3) is 0 Å². The van der Waals surface area contributed by atoms with E-state index in [-0.39, 0.29) is 12.5 Å². The molecule has 7 heteroatoms. The Hall–Kier alpha value is -3.61. The van der Waals surface area contributed by atoms with E-state index in [1.807, 2.05) is 27.7 Å². The Labute approximate surface area is 187 Å². The molecule has 0 aliphatic heterocycles. The van der Waals surface area contributed by atoms with Gasteiger partial charge in [0.2, 0.25) is 0 Å². The number of carbonyl (C=O) groups is 2. The average molecular weight is 437 g/mol. The smallest absolute Gasteiger partial charge is 0.338 e. The standard InChI is InChI=1S/C25H28N2O5/c1-6-19(26-17-11-8-15(9-12-17)24(30)32-25(3,4)5)21-18-13-10-16(23(29)31-7-2)14-20(18)27-22(21)28/h8-14,27-28H,6-7H2,1-5H3. The Balaban J connectivity index is 1.93. The van der Waals surface area contributed by atoms with Crippen LogP contribution in [0, 0.1) is 0 Å². The minimum Gasteiger partial charge on any atom is -0.494 e. The van der Waals surface area contributed by atoms with Crippen LogP contribution in [0.15, 0.2) is 47.5 Å². The molecular weight excluding hydrogens is 408 g/mol. The molecule has 2 N–H and O–H groups in total. The third-order valence-corrected chi connectivity index (χ3v) is 4.68. The lowest BCUT2D eigenvalue weighted by Crippen LogP contribution is -2.23. The second-order valence-corrected chi connectivity index (χ2v) is 8.29. The first-order valence-electron chi connectivity index (χ1n) is 10.6. The van der Waals surface area contributed by atoms with E-state index in [1.165, 1.54) is 0 Å². The van der Waals surface area contributed by atoms with Gasteiger partial charge in [0.15, 0.2) is 5.88 Å². The summed E-state index contributed by atoms with van der Waals surface area (Å²) in [6.07, 6.45) is 0.563. The molecule has 0 fully saturated rings. The number of aromatic amines is 1. The zero-order chi connectivity index (χ0) is 23.5. The van der Waals surface area contributed by atoms with Crippen LogP contribution in [0.1, 0.15) is 67.3 Å². The number of ether oxygens (including phenoxy) is 2. The number of nitrogens with zero attached hydrogens (tertiary/aromatic N) is 1. The number of hydrogen-bond acceptors (Lipinski definition) is 6. The van der Waals surface area contributed by atoms with Crippen molar-refractivity contribution in [1.82, 2.24) is 4.98 Å². The molecule has 0 aliphatic rings. The van der Waals surface area contributed by atoms with Gasteiger partial charge in [-0.1, -0.05) is 13.0 Å². The third kappa shape index (κ3) is 5.17. The molecule has 0 saturated carbocycles. The predicted octanol–water partition coefficient (Wildman–Crippen LogP) is 5.54. The maximum Gasteiger partial charge on any atom is 0.338 e. The van der Waals surface area contributed by atoms with E-state index < -0.39 is 17.5 Å². The molecule has 3 aromatic rings. The first-order chi connectivity index (χ1) is 15.1. The van der Waals surface area contributed by atoms with Gasteiger partial charge >= 0.3 is 11.9 Å². The van der Waals surface area contributed by atoms with E-state index in [0.29, 0.717) is 40.0 Å². The molecule has 2 aromatic carbocycles. The number of aliphatic imine (C=N–C) groups is 1. The Morgan fingerprint density at radius 1 is 1.00 bits per heavy atom. The molecule has 0 unspecified atom stereocenters. The summed E-state index contributed by atoms with van der Waals surface area (Å²) in [6.45, 7) is 9.44. The second-order valence-electron chi connectivity index (χ2n) is 8.29. The molecule has 0 saturated heterocycles. The van der Waals surface area contributed by atoms with Crippen molar-refractivity contribution in [2.24, 2.45) is 4.99 Å². The first-order valence-corrected chi connectivity index (χ1v) is 10.6. The molecule has 3 rings (SSSR count). The number of aromatic nitrogens is 1. The number of hydrogen-bond donors (Lipinski definition) is 2. The molecule has 0 amide bonds. The molecule has 0 aliphatic carbocycles. The zero-order valence-electron chi connectivity index (χ0n) is 19.0. The van der Waals surface area contributed by atoms with Crippen molar-refractivity contribution >= 4 is 34.2 Å². The van der Waals surface area contributed by atoms with Gasteiger partial charge in [0.05, 0.1) is 34.7 Å². The predicted molar refractivity (Wildman–Crippen MR) is 124 cm³/mol. The van der Waals surface area contributed by atoms with Crippen LogP contribution in [-0.4, -0.2) is 39.9 Å². The summed E-state index contributed by atoms with van der Waals surface area (Å²) in [4.78, 5) is 31.8. The normalized spacial score (nSPS) is 12.1. The number of benzene rings is 2. The van der Waals surface area contributed by atoms with Gasteiger partial charge in [-0.3, -0.25) is 4.99 Å². The highest BCUT2D eigenvalue weighted by Gasteiger charge is 2.19. The highest BCUT2D eigenvalue weighted by Crippen LogP contribution is 2.31. The van der Waals surface area contributed by atoms with Crippen molar-refractivity contribution < 1.29 is 24.2 Å². The van der Waals surface area contributed by atoms with E-state index in [4.69, 9.17) is 9.47 Å². The monoisotopic (exact) mass is 436 g/mol. The molecular formula is C25H28N2O5. The summed E-state index contributed by atoms with van der Waals surface area (Å²) in [5.41, 5.74) is 2.79. The molecule has 7 nitrogen and oxygen atoms in total. The molecule has 168 valence electrons. The van der Waals surface area contributed by atoms with Crippen LogP contribution in [-0.2, 0) is 9.47 Å². The number of H-pyrrole nitrogens is 1. The lowest BCUT2D eigenvalue weighted by atomic mass is 10.0. The fraction of sp³-hybridized carbons (Fsp3) is 0.320. The van der Waals surface area contributed by atoms with E-state index in [0.717, 1.165) is 5.39 Å². The highest BCUT2D eigenvalue weighted by atomic mass is 16.6. The van der Waals surface area contributed by atoms with Crippen LogP contribution in [0.3, 0.4) is 0 Å². The molecule has 0 bridgehead atoms. The van der Waals surface area contributed by atoms with Crippen molar-refractivity contribution in [3.63, 3.8) is 0 Å². The fourth-order valence-corrected chi connectivity index (χ4v) is 3.29. The van der Waals surface area contributed by atoms with Crippen molar-refractivity contribution in [3.05, 3.63) is 59.2 Å². The minimum atomic E-state index is -0.566. The Morgan fingerprint density at radius 3 is 2.25 bits per heavy atom. The first kappa shape index (κ1) is 23.1. The van der Waals surface area contributed by atoms with Crippen LogP contribution >= 0.6 is 0 Å². The molecule has 1 heterocycles. The van der Waals surface area contributed by atoms with Crippen LogP contribution in [0.2, 0.25) is 0 Å². The largest absolute Gasteiger partial charge is 0.494 e. The number of nitrogens with one attached hydrogen (secondary N) is 1. The topological polar surface area (TPSA) is 101 Å². The SMILES string of the molecule is CCOC(=O)c1ccc2c(C(CC)=Nc3ccc(C(=O)OC(C)(C)C)cc3)c(O)[nH]c2c1. The summed E-state index contributed by atoms with van der Waals surface area (Å²) in [7, 11) is 0.